The van der Waals surface area contributed by atoms with Crippen molar-refractivity contribution in [3.05, 3.63) is 66.8 Å². The predicted molar refractivity (Wildman–Crippen MR) is 116 cm³/mol. The first-order valence-electron chi connectivity index (χ1n) is 10.5. The van der Waals surface area contributed by atoms with Gasteiger partial charge in [0.2, 0.25) is 6.79 Å². The predicted octanol–water partition coefficient (Wildman–Crippen LogP) is 3.13. The summed E-state index contributed by atoms with van der Waals surface area (Å²) in [7, 11) is 0. The van der Waals surface area contributed by atoms with Gasteiger partial charge in [-0.2, -0.15) is 0 Å². The molecule has 2 aromatic carbocycles. The van der Waals surface area contributed by atoms with Crippen LogP contribution in [0.5, 0.6) is 0 Å². The second-order valence-corrected chi connectivity index (χ2v) is 8.34. The van der Waals surface area contributed by atoms with Crippen LogP contribution in [0.15, 0.2) is 0 Å². The smallest absolute Gasteiger partial charge is 0.347 e. The van der Waals surface area contributed by atoms with Gasteiger partial charge in [-0.3, -0.25) is 0 Å². The Hall–Kier alpha value is -4.34. The van der Waals surface area contributed by atoms with Crippen LogP contribution in [0, 0.1) is 41.5 Å². The summed E-state index contributed by atoms with van der Waals surface area (Å²) in [5.41, 5.74) is 2.47. The third-order valence-corrected chi connectivity index (χ3v) is 6.60. The summed E-state index contributed by atoms with van der Waals surface area (Å²) < 4.78 is 19.6. The van der Waals surface area contributed by atoms with Gasteiger partial charge in [-0.1, -0.05) is 0 Å². The van der Waals surface area contributed by atoms with Crippen molar-refractivity contribution in [2.45, 2.75) is 41.5 Å². The number of hydrogen-bond donors (Lipinski definition) is 0. The van der Waals surface area contributed by atoms with E-state index in [9.17, 15) is 28.8 Å². The molecule has 0 amide bonds. The summed E-state index contributed by atoms with van der Waals surface area (Å²) in [6, 6.07) is 0. The molecule has 0 saturated heterocycles. The largest absolute Gasteiger partial charge is 0.424 e. The molecule has 10 nitrogen and oxygen atoms in total. The monoisotopic (exact) mass is 480 g/mol. The lowest BCUT2D eigenvalue weighted by Gasteiger charge is -2.16. The van der Waals surface area contributed by atoms with Crippen LogP contribution < -0.4 is 0 Å². The number of fused-ring (bicyclic) bond motifs is 2. The Morgan fingerprint density at radius 1 is 0.514 bits per heavy atom. The van der Waals surface area contributed by atoms with Crippen molar-refractivity contribution in [1.82, 2.24) is 0 Å². The normalized spacial score (nSPS) is 13.9. The van der Waals surface area contributed by atoms with Gasteiger partial charge in [0.25, 0.3) is 0 Å². The van der Waals surface area contributed by atoms with E-state index in [0.717, 1.165) is 0 Å². The van der Waals surface area contributed by atoms with Crippen LogP contribution in [-0.4, -0.2) is 42.6 Å². The van der Waals surface area contributed by atoms with Gasteiger partial charge < -0.3 is 18.9 Å². The van der Waals surface area contributed by atoms with Crippen molar-refractivity contribution in [3.63, 3.8) is 0 Å². The van der Waals surface area contributed by atoms with Gasteiger partial charge in [-0.25, -0.2) is 28.8 Å². The number of carbonyl (C=O) groups is 6. The Bertz CT molecular complexity index is 1320. The van der Waals surface area contributed by atoms with E-state index in [-0.39, 0.29) is 44.5 Å². The highest BCUT2D eigenvalue weighted by molar-refractivity contribution is 6.18. The van der Waals surface area contributed by atoms with E-state index in [4.69, 9.17) is 9.47 Å². The van der Waals surface area contributed by atoms with Crippen LogP contribution in [0.4, 0.5) is 0 Å². The summed E-state index contributed by atoms with van der Waals surface area (Å²) in [5.74, 6) is -4.97. The van der Waals surface area contributed by atoms with Crippen molar-refractivity contribution < 1.29 is 47.7 Å². The lowest BCUT2D eigenvalue weighted by Crippen LogP contribution is -2.19. The van der Waals surface area contributed by atoms with E-state index in [2.05, 4.69) is 9.47 Å². The Morgan fingerprint density at radius 3 is 1.11 bits per heavy atom. The molecule has 2 aliphatic heterocycles. The summed E-state index contributed by atoms with van der Waals surface area (Å²) in [5, 5.41) is 0. The molecule has 0 aromatic heterocycles. The molecule has 35 heavy (non-hydrogen) atoms. The Morgan fingerprint density at radius 2 is 0.800 bits per heavy atom. The van der Waals surface area contributed by atoms with Gasteiger partial charge in [0.1, 0.15) is 0 Å². The second kappa shape index (κ2) is 8.15. The zero-order valence-electron chi connectivity index (χ0n) is 19.8. The van der Waals surface area contributed by atoms with Crippen LogP contribution in [0.1, 0.15) is 95.5 Å². The number of hydrogen-bond acceptors (Lipinski definition) is 10. The van der Waals surface area contributed by atoms with Crippen LogP contribution >= 0.6 is 0 Å². The topological polar surface area (TPSA) is 139 Å². The molecule has 0 radical (unpaired) electrons. The SMILES string of the molecule is Cc1c(C)c2c(c(C)c1C(=O)OCOC(=O)c1c(C)c(C)c3c(c1C)C(=O)OC3=O)C(=O)OC2=O. The zero-order chi connectivity index (χ0) is 25.9. The molecule has 10 heteroatoms. The quantitative estimate of drug-likeness (QED) is 0.277. The third kappa shape index (κ3) is 3.40. The molecule has 2 aromatic rings. The molecule has 2 aliphatic rings. The summed E-state index contributed by atoms with van der Waals surface area (Å²) in [6.07, 6.45) is 0. The fourth-order valence-corrected chi connectivity index (χ4v) is 4.60. The van der Waals surface area contributed by atoms with Crippen molar-refractivity contribution >= 4 is 35.8 Å². The van der Waals surface area contributed by atoms with Gasteiger partial charge in [-0.05, 0) is 74.9 Å². The maximum atomic E-state index is 12.8. The fourth-order valence-electron chi connectivity index (χ4n) is 4.60. The minimum absolute atomic E-state index is 0.00310. The Labute approximate surface area is 199 Å². The lowest BCUT2D eigenvalue weighted by atomic mass is 9.89. The minimum atomic E-state index is -0.862. The molecule has 180 valence electrons. The summed E-state index contributed by atoms with van der Waals surface area (Å²) in [4.78, 5) is 73.8. The van der Waals surface area contributed by atoms with Crippen LogP contribution in [0.2, 0.25) is 0 Å². The molecular weight excluding hydrogens is 460 g/mol. The van der Waals surface area contributed by atoms with Gasteiger partial charge in [-0.15, -0.1) is 0 Å². The molecule has 0 unspecified atom stereocenters. The molecular formula is C25H20O10. The molecule has 0 bridgehead atoms. The van der Waals surface area contributed by atoms with E-state index in [0.29, 0.717) is 22.3 Å². The van der Waals surface area contributed by atoms with Crippen LogP contribution in [0.3, 0.4) is 0 Å². The van der Waals surface area contributed by atoms with E-state index in [1.165, 1.54) is 13.8 Å². The van der Waals surface area contributed by atoms with E-state index in [1.807, 2.05) is 0 Å². The second-order valence-electron chi connectivity index (χ2n) is 8.34. The fraction of sp³-hybridized carbons (Fsp3) is 0.280. The molecule has 4 rings (SSSR count). The number of cyclic esters (lactones) is 4. The van der Waals surface area contributed by atoms with Crippen molar-refractivity contribution in [2.24, 2.45) is 0 Å². The number of carbonyl (C=O) groups excluding carboxylic acids is 6. The Balaban J connectivity index is 1.57. The van der Waals surface area contributed by atoms with E-state index in [1.54, 1.807) is 27.7 Å². The molecule has 0 atom stereocenters. The first kappa shape index (κ1) is 23.8. The molecule has 2 heterocycles. The van der Waals surface area contributed by atoms with Crippen LogP contribution in [0.25, 0.3) is 0 Å². The molecule has 0 aliphatic carbocycles. The van der Waals surface area contributed by atoms with Crippen molar-refractivity contribution in [1.29, 1.82) is 0 Å². The van der Waals surface area contributed by atoms with Gasteiger partial charge in [0.05, 0.1) is 33.4 Å². The first-order valence-corrected chi connectivity index (χ1v) is 10.5. The number of benzene rings is 2. The number of ether oxygens (including phenoxy) is 4. The van der Waals surface area contributed by atoms with Gasteiger partial charge in [0.15, 0.2) is 0 Å². The average Bonchev–Trinajstić information content (AvgIpc) is 3.25. The van der Waals surface area contributed by atoms with Crippen molar-refractivity contribution in [3.8, 4) is 0 Å². The summed E-state index contributed by atoms with van der Waals surface area (Å²) >= 11 is 0. The third-order valence-electron chi connectivity index (χ3n) is 6.60. The first-order chi connectivity index (χ1) is 16.4. The average molecular weight is 480 g/mol. The maximum Gasteiger partial charge on any atom is 0.347 e. The minimum Gasteiger partial charge on any atom is -0.424 e. The van der Waals surface area contributed by atoms with Crippen molar-refractivity contribution in [2.75, 3.05) is 6.79 Å². The highest BCUT2D eigenvalue weighted by Gasteiger charge is 2.38. The van der Waals surface area contributed by atoms with Crippen LogP contribution in [-0.2, 0) is 18.9 Å². The molecule has 0 fully saturated rings. The maximum absolute atomic E-state index is 12.8. The van der Waals surface area contributed by atoms with Gasteiger partial charge >= 0.3 is 35.8 Å². The lowest BCUT2D eigenvalue weighted by molar-refractivity contribution is -0.0169. The summed E-state index contributed by atoms with van der Waals surface area (Å²) in [6.45, 7) is 8.60. The van der Waals surface area contributed by atoms with Gasteiger partial charge in [0, 0.05) is 0 Å². The number of esters is 6. The highest BCUT2D eigenvalue weighted by atomic mass is 16.7. The highest BCUT2D eigenvalue weighted by Crippen LogP contribution is 2.34. The Kier molecular flexibility index (Phi) is 5.55. The molecule has 0 saturated carbocycles. The standard InChI is InChI=1S/C25H20O10/c1-8-10(3)16-18(24(30)34-22(16)28)12(5)14(8)20(26)32-7-33-21(27)15-9(2)11(4)17-19(13(15)6)25(31)35-23(17)29/h7H2,1-6H3. The van der Waals surface area contributed by atoms with E-state index < -0.39 is 42.6 Å². The van der Waals surface area contributed by atoms with E-state index >= 15 is 0 Å². The number of rotatable bonds is 4. The molecule has 0 spiro atoms. The molecule has 0 N–H and O–H groups in total. The zero-order valence-corrected chi connectivity index (χ0v) is 19.8.